The van der Waals surface area contributed by atoms with Crippen molar-refractivity contribution in [3.05, 3.63) is 41.7 Å². The summed E-state index contributed by atoms with van der Waals surface area (Å²) in [4.78, 5) is 0. The van der Waals surface area contributed by atoms with Gasteiger partial charge in [-0.05, 0) is 22.9 Å². The van der Waals surface area contributed by atoms with E-state index in [2.05, 4.69) is 15.5 Å². The van der Waals surface area contributed by atoms with E-state index in [1.54, 1.807) is 37.3 Å². The zero-order valence-corrected chi connectivity index (χ0v) is 8.89. The molecule has 1 heterocycles. The van der Waals surface area contributed by atoms with E-state index in [-0.39, 0.29) is 0 Å². The lowest BCUT2D eigenvalue weighted by molar-refractivity contribution is -0.148. The predicted octanol–water partition coefficient (Wildman–Crippen LogP) is 2.30. The van der Waals surface area contributed by atoms with E-state index in [0.717, 1.165) is 4.68 Å². The Morgan fingerprint density at radius 3 is 2.41 bits per heavy atom. The Kier molecular flexibility index (Phi) is 2.83. The summed E-state index contributed by atoms with van der Waals surface area (Å²) < 4.78 is 38.6. The minimum Gasteiger partial charge on any atom is -0.214 e. The van der Waals surface area contributed by atoms with Crippen molar-refractivity contribution in [1.29, 1.82) is 0 Å². The van der Waals surface area contributed by atoms with E-state index in [0.29, 0.717) is 5.56 Å². The Balaban J connectivity index is 2.39. The Labute approximate surface area is 95.1 Å². The number of hydrogen-bond donors (Lipinski definition) is 0. The summed E-state index contributed by atoms with van der Waals surface area (Å²) in [5, 5.41) is 9.48. The summed E-state index contributed by atoms with van der Waals surface area (Å²) in [5.74, 6) is -1.09. The van der Waals surface area contributed by atoms with Crippen molar-refractivity contribution in [1.82, 2.24) is 20.2 Å². The number of halogens is 3. The number of aromatic nitrogens is 4. The van der Waals surface area contributed by atoms with Crippen molar-refractivity contribution in [2.75, 3.05) is 0 Å². The monoisotopic (exact) mass is 242 g/mol. The fourth-order valence-corrected chi connectivity index (χ4v) is 1.51. The maximum atomic E-state index is 12.6. The molecule has 1 atom stereocenters. The van der Waals surface area contributed by atoms with Crippen LogP contribution in [-0.2, 0) is 6.18 Å². The molecule has 17 heavy (non-hydrogen) atoms. The third kappa shape index (κ3) is 2.27. The van der Waals surface area contributed by atoms with Gasteiger partial charge >= 0.3 is 6.18 Å². The van der Waals surface area contributed by atoms with E-state index in [1.807, 2.05) is 0 Å². The molecule has 0 radical (unpaired) electrons. The first kappa shape index (κ1) is 11.6. The van der Waals surface area contributed by atoms with Gasteiger partial charge in [0.15, 0.2) is 0 Å². The molecule has 90 valence electrons. The van der Waals surface area contributed by atoms with Gasteiger partial charge in [0, 0.05) is 0 Å². The van der Waals surface area contributed by atoms with Crippen molar-refractivity contribution >= 4 is 0 Å². The lowest BCUT2D eigenvalue weighted by Crippen LogP contribution is -2.19. The summed E-state index contributed by atoms with van der Waals surface area (Å²) in [5.41, 5.74) is 0.713. The molecule has 1 aromatic carbocycles. The topological polar surface area (TPSA) is 43.6 Å². The van der Waals surface area contributed by atoms with Crippen LogP contribution in [0.2, 0.25) is 0 Å². The van der Waals surface area contributed by atoms with Gasteiger partial charge in [-0.2, -0.15) is 13.2 Å². The average Bonchev–Trinajstić information content (AvgIpc) is 2.78. The molecule has 0 saturated heterocycles. The summed E-state index contributed by atoms with van der Waals surface area (Å²) in [6.07, 6.45) is -4.55. The molecule has 4 nitrogen and oxygen atoms in total. The molecule has 0 amide bonds. The van der Waals surface area contributed by atoms with Gasteiger partial charge in [-0.3, -0.25) is 0 Å². The quantitative estimate of drug-likeness (QED) is 0.811. The normalized spacial score (nSPS) is 13.6. The minimum atomic E-state index is -4.55. The van der Waals surface area contributed by atoms with Crippen molar-refractivity contribution in [2.45, 2.75) is 19.1 Å². The Morgan fingerprint density at radius 2 is 1.82 bits per heavy atom. The number of nitrogens with zero attached hydrogens (tertiary/aromatic N) is 4. The number of benzene rings is 1. The van der Waals surface area contributed by atoms with Gasteiger partial charge < -0.3 is 0 Å². The molecular weight excluding hydrogens is 233 g/mol. The Morgan fingerprint density at radius 1 is 1.18 bits per heavy atom. The van der Waals surface area contributed by atoms with E-state index in [1.165, 1.54) is 0 Å². The standard InChI is InChI=1S/C10H9F3N4/c1-7(8-5-3-2-4-6-8)17-9(10(11,12)13)14-15-16-17/h2-7H,1H3. The van der Waals surface area contributed by atoms with Crippen LogP contribution >= 0.6 is 0 Å². The molecular formula is C10H9F3N4. The molecule has 1 aromatic heterocycles. The number of tetrazole rings is 1. The predicted molar refractivity (Wildman–Crippen MR) is 53.1 cm³/mol. The van der Waals surface area contributed by atoms with Crippen LogP contribution in [0.1, 0.15) is 24.4 Å². The lowest BCUT2D eigenvalue weighted by Gasteiger charge is -2.14. The summed E-state index contributed by atoms with van der Waals surface area (Å²) in [6, 6.07) is 8.19. The second-order valence-corrected chi connectivity index (χ2v) is 3.53. The van der Waals surface area contributed by atoms with Crippen LogP contribution in [0.25, 0.3) is 0 Å². The van der Waals surface area contributed by atoms with Gasteiger partial charge in [-0.25, -0.2) is 4.68 Å². The zero-order valence-electron chi connectivity index (χ0n) is 8.89. The highest BCUT2D eigenvalue weighted by atomic mass is 19.4. The SMILES string of the molecule is CC(c1ccccc1)n1nnnc1C(F)(F)F. The van der Waals surface area contributed by atoms with Crippen LogP contribution in [0.5, 0.6) is 0 Å². The highest BCUT2D eigenvalue weighted by Crippen LogP contribution is 2.29. The smallest absolute Gasteiger partial charge is 0.214 e. The first-order chi connectivity index (χ1) is 8.00. The van der Waals surface area contributed by atoms with Crippen LogP contribution in [0.15, 0.2) is 30.3 Å². The Bertz CT molecular complexity index is 492. The van der Waals surface area contributed by atoms with Crippen molar-refractivity contribution in [2.24, 2.45) is 0 Å². The molecule has 2 aromatic rings. The highest BCUT2D eigenvalue weighted by Gasteiger charge is 2.39. The number of hydrogen-bond acceptors (Lipinski definition) is 3. The molecule has 0 N–H and O–H groups in total. The molecule has 1 unspecified atom stereocenters. The molecule has 0 saturated carbocycles. The van der Waals surface area contributed by atoms with Gasteiger partial charge in [0.2, 0.25) is 0 Å². The largest absolute Gasteiger partial charge is 0.453 e. The summed E-state index contributed by atoms with van der Waals surface area (Å²) >= 11 is 0. The van der Waals surface area contributed by atoms with E-state index in [9.17, 15) is 13.2 Å². The van der Waals surface area contributed by atoms with E-state index >= 15 is 0 Å². The molecule has 0 aliphatic heterocycles. The highest BCUT2D eigenvalue weighted by molar-refractivity contribution is 5.19. The average molecular weight is 242 g/mol. The van der Waals surface area contributed by atoms with Crippen LogP contribution < -0.4 is 0 Å². The van der Waals surface area contributed by atoms with Gasteiger partial charge in [-0.15, -0.1) is 5.10 Å². The molecule has 0 aliphatic rings. The third-order valence-electron chi connectivity index (χ3n) is 2.40. The van der Waals surface area contributed by atoms with E-state index < -0.39 is 18.0 Å². The van der Waals surface area contributed by atoms with Crippen LogP contribution in [0, 0.1) is 0 Å². The second kappa shape index (κ2) is 4.15. The molecule has 2 rings (SSSR count). The number of rotatable bonds is 2. The van der Waals surface area contributed by atoms with Crippen molar-refractivity contribution in [3.8, 4) is 0 Å². The van der Waals surface area contributed by atoms with Crippen LogP contribution in [0.4, 0.5) is 13.2 Å². The third-order valence-corrected chi connectivity index (χ3v) is 2.40. The molecule has 0 spiro atoms. The van der Waals surface area contributed by atoms with Gasteiger partial charge in [0.05, 0.1) is 6.04 Å². The maximum absolute atomic E-state index is 12.6. The first-order valence-electron chi connectivity index (χ1n) is 4.90. The second-order valence-electron chi connectivity index (χ2n) is 3.53. The van der Waals surface area contributed by atoms with E-state index in [4.69, 9.17) is 0 Å². The molecule has 0 bridgehead atoms. The molecule has 0 aliphatic carbocycles. The van der Waals surface area contributed by atoms with Crippen LogP contribution in [-0.4, -0.2) is 20.2 Å². The zero-order chi connectivity index (χ0) is 12.5. The maximum Gasteiger partial charge on any atom is 0.453 e. The molecule has 0 fully saturated rings. The van der Waals surface area contributed by atoms with Gasteiger partial charge in [0.1, 0.15) is 0 Å². The minimum absolute atomic E-state index is 0.567. The lowest BCUT2D eigenvalue weighted by atomic mass is 10.1. The van der Waals surface area contributed by atoms with Crippen molar-refractivity contribution < 1.29 is 13.2 Å². The van der Waals surface area contributed by atoms with Crippen LogP contribution in [0.3, 0.4) is 0 Å². The number of alkyl halides is 3. The summed E-state index contributed by atoms with van der Waals surface area (Å²) in [7, 11) is 0. The van der Waals surface area contributed by atoms with Gasteiger partial charge in [-0.1, -0.05) is 30.3 Å². The first-order valence-corrected chi connectivity index (χ1v) is 4.90. The van der Waals surface area contributed by atoms with Crippen molar-refractivity contribution in [3.63, 3.8) is 0 Å². The Hall–Kier alpha value is -1.92. The fourth-order valence-electron chi connectivity index (χ4n) is 1.51. The summed E-state index contributed by atoms with van der Waals surface area (Å²) in [6.45, 7) is 1.61. The fraction of sp³-hybridized carbons (Fsp3) is 0.300. The molecule has 7 heteroatoms. The van der Waals surface area contributed by atoms with Gasteiger partial charge in [0.25, 0.3) is 5.82 Å².